The van der Waals surface area contributed by atoms with Crippen molar-refractivity contribution in [3.05, 3.63) is 11.1 Å². The zero-order valence-corrected chi connectivity index (χ0v) is 8.09. The molecule has 1 aliphatic rings. The van der Waals surface area contributed by atoms with Crippen molar-refractivity contribution in [1.82, 2.24) is 0 Å². The molecule has 0 aromatic rings. The quantitative estimate of drug-likeness (QED) is 0.542. The average molecular weight is 170 g/mol. The van der Waals surface area contributed by atoms with E-state index in [2.05, 4.69) is 0 Å². The Morgan fingerprint density at radius 2 is 2.08 bits per heavy atom. The fourth-order valence-electron chi connectivity index (χ4n) is 1.80. The van der Waals surface area contributed by atoms with Crippen LogP contribution in [0.15, 0.2) is 11.1 Å². The molecule has 1 rings (SSSR count). The first-order valence-electron chi connectivity index (χ1n) is 4.49. The fraction of sp³-hybridized carbons (Fsp3) is 0.800. The fourth-order valence-corrected chi connectivity index (χ4v) is 1.80. The Morgan fingerprint density at radius 3 is 2.50 bits per heavy atom. The molecule has 1 saturated carbocycles. The number of hydrogen-bond donors (Lipinski definition) is 2. The zero-order chi connectivity index (χ0) is 9.35. The van der Waals surface area contributed by atoms with Crippen LogP contribution in [-0.2, 0) is 0 Å². The summed E-state index contributed by atoms with van der Waals surface area (Å²) < 4.78 is 0. The monoisotopic (exact) mass is 170 g/mol. The summed E-state index contributed by atoms with van der Waals surface area (Å²) in [6.07, 6.45) is 1.65. The van der Waals surface area contributed by atoms with Crippen molar-refractivity contribution in [3.63, 3.8) is 0 Å². The highest BCUT2D eigenvalue weighted by Crippen LogP contribution is 2.32. The van der Waals surface area contributed by atoms with Gasteiger partial charge in [-0.15, -0.1) is 0 Å². The Hall–Kier alpha value is -0.340. The molecule has 0 aromatic heterocycles. The minimum atomic E-state index is -0.668. The lowest BCUT2D eigenvalue weighted by molar-refractivity contribution is -0.0107. The molecule has 0 saturated heterocycles. The van der Waals surface area contributed by atoms with Crippen molar-refractivity contribution >= 4 is 0 Å². The van der Waals surface area contributed by atoms with E-state index in [0.29, 0.717) is 6.42 Å². The topological polar surface area (TPSA) is 40.5 Å². The maximum absolute atomic E-state index is 9.66. The van der Waals surface area contributed by atoms with Gasteiger partial charge in [-0.25, -0.2) is 0 Å². The summed E-state index contributed by atoms with van der Waals surface area (Å²) in [5, 5.41) is 19.3. The molecule has 0 bridgehead atoms. The lowest BCUT2D eigenvalue weighted by Crippen LogP contribution is -2.36. The third kappa shape index (κ3) is 2.08. The molecule has 70 valence electrons. The van der Waals surface area contributed by atoms with Gasteiger partial charge in [-0.1, -0.05) is 5.57 Å². The summed E-state index contributed by atoms with van der Waals surface area (Å²) in [7, 11) is 0. The first-order valence-corrected chi connectivity index (χ1v) is 4.49. The standard InChI is InChI=1S/C10H18O2/c1-7(2)8-4-5-10(3,12)6-9(8)11/h9,11-12H,4-6H2,1-3H3/t9?,10-/m0/s1. The highest BCUT2D eigenvalue weighted by Gasteiger charge is 2.31. The van der Waals surface area contributed by atoms with Gasteiger partial charge in [0.15, 0.2) is 0 Å². The van der Waals surface area contributed by atoms with Gasteiger partial charge >= 0.3 is 0 Å². The molecule has 0 amide bonds. The van der Waals surface area contributed by atoms with E-state index in [-0.39, 0.29) is 0 Å². The molecule has 0 spiro atoms. The SMILES string of the molecule is CC(C)=C1CC[C@](C)(O)CC1O. The van der Waals surface area contributed by atoms with Gasteiger partial charge in [0.25, 0.3) is 0 Å². The zero-order valence-electron chi connectivity index (χ0n) is 8.09. The van der Waals surface area contributed by atoms with E-state index in [1.54, 1.807) is 6.92 Å². The van der Waals surface area contributed by atoms with E-state index < -0.39 is 11.7 Å². The Balaban J connectivity index is 2.73. The van der Waals surface area contributed by atoms with Crippen LogP contribution in [0.3, 0.4) is 0 Å². The number of rotatable bonds is 0. The van der Waals surface area contributed by atoms with E-state index in [1.165, 1.54) is 5.57 Å². The molecule has 0 aromatic carbocycles. The maximum atomic E-state index is 9.66. The number of aliphatic hydroxyl groups is 2. The van der Waals surface area contributed by atoms with Gasteiger partial charge in [0.1, 0.15) is 0 Å². The van der Waals surface area contributed by atoms with Crippen molar-refractivity contribution in [3.8, 4) is 0 Å². The van der Waals surface area contributed by atoms with Crippen LogP contribution in [0.1, 0.15) is 40.0 Å². The van der Waals surface area contributed by atoms with Gasteiger partial charge in [0.05, 0.1) is 11.7 Å². The average Bonchev–Trinajstić information content (AvgIpc) is 1.83. The van der Waals surface area contributed by atoms with E-state index in [1.807, 2.05) is 13.8 Å². The van der Waals surface area contributed by atoms with Gasteiger partial charge in [-0.2, -0.15) is 0 Å². The first-order chi connectivity index (χ1) is 5.42. The van der Waals surface area contributed by atoms with E-state index in [9.17, 15) is 10.2 Å². The van der Waals surface area contributed by atoms with E-state index in [4.69, 9.17) is 0 Å². The van der Waals surface area contributed by atoms with Crippen LogP contribution in [0.2, 0.25) is 0 Å². The summed E-state index contributed by atoms with van der Waals surface area (Å²) in [6.45, 7) is 5.81. The molecule has 2 N–H and O–H groups in total. The predicted molar refractivity (Wildman–Crippen MR) is 48.9 cm³/mol. The lowest BCUT2D eigenvalue weighted by Gasteiger charge is -2.34. The predicted octanol–water partition coefficient (Wildman–Crippen LogP) is 1.62. The van der Waals surface area contributed by atoms with Crippen LogP contribution < -0.4 is 0 Å². The second-order valence-electron chi connectivity index (χ2n) is 4.24. The maximum Gasteiger partial charge on any atom is 0.0779 e. The largest absolute Gasteiger partial charge is 0.390 e. The van der Waals surface area contributed by atoms with Crippen molar-refractivity contribution < 1.29 is 10.2 Å². The minimum absolute atomic E-state index is 0.432. The van der Waals surface area contributed by atoms with Crippen LogP contribution in [0.5, 0.6) is 0 Å². The van der Waals surface area contributed by atoms with Crippen molar-refractivity contribution in [2.45, 2.75) is 51.7 Å². The molecule has 2 nitrogen and oxygen atoms in total. The summed E-state index contributed by atoms with van der Waals surface area (Å²) in [5.74, 6) is 0. The van der Waals surface area contributed by atoms with Crippen molar-refractivity contribution in [2.24, 2.45) is 0 Å². The van der Waals surface area contributed by atoms with Crippen LogP contribution >= 0.6 is 0 Å². The molecule has 12 heavy (non-hydrogen) atoms. The minimum Gasteiger partial charge on any atom is -0.390 e. The molecular formula is C10H18O2. The second-order valence-corrected chi connectivity index (χ2v) is 4.24. The highest BCUT2D eigenvalue weighted by molar-refractivity contribution is 5.18. The molecule has 1 aliphatic carbocycles. The second kappa shape index (κ2) is 3.19. The summed E-state index contributed by atoms with van der Waals surface area (Å²) >= 11 is 0. The molecule has 2 atom stereocenters. The van der Waals surface area contributed by atoms with Crippen molar-refractivity contribution in [2.75, 3.05) is 0 Å². The number of allylic oxidation sites excluding steroid dienone is 1. The van der Waals surface area contributed by atoms with Crippen LogP contribution in [-0.4, -0.2) is 21.9 Å². The van der Waals surface area contributed by atoms with Crippen LogP contribution in [0.4, 0.5) is 0 Å². The normalized spacial score (nSPS) is 36.8. The molecule has 1 unspecified atom stereocenters. The van der Waals surface area contributed by atoms with Gasteiger partial charge in [-0.05, 0) is 39.2 Å². The smallest absolute Gasteiger partial charge is 0.0779 e. The van der Waals surface area contributed by atoms with E-state index >= 15 is 0 Å². The Labute approximate surface area is 73.9 Å². The lowest BCUT2D eigenvalue weighted by atomic mass is 9.80. The first kappa shape index (κ1) is 9.75. The molecular weight excluding hydrogens is 152 g/mol. The number of hydrogen-bond acceptors (Lipinski definition) is 2. The molecule has 1 fully saturated rings. The summed E-state index contributed by atoms with van der Waals surface area (Å²) in [5.41, 5.74) is 1.64. The van der Waals surface area contributed by atoms with Gasteiger partial charge in [0, 0.05) is 6.42 Å². The molecule has 0 aliphatic heterocycles. The van der Waals surface area contributed by atoms with E-state index in [0.717, 1.165) is 18.4 Å². The Kier molecular flexibility index (Phi) is 2.59. The van der Waals surface area contributed by atoms with Gasteiger partial charge < -0.3 is 10.2 Å². The Morgan fingerprint density at radius 1 is 1.50 bits per heavy atom. The van der Waals surface area contributed by atoms with Gasteiger partial charge in [-0.3, -0.25) is 0 Å². The molecule has 2 heteroatoms. The third-order valence-corrected chi connectivity index (χ3v) is 2.61. The van der Waals surface area contributed by atoms with Gasteiger partial charge in [0.2, 0.25) is 0 Å². The Bertz CT molecular complexity index is 200. The van der Waals surface area contributed by atoms with Crippen molar-refractivity contribution in [1.29, 1.82) is 0 Å². The summed E-state index contributed by atoms with van der Waals surface area (Å²) in [4.78, 5) is 0. The van der Waals surface area contributed by atoms with Crippen LogP contribution in [0.25, 0.3) is 0 Å². The molecule has 0 heterocycles. The summed E-state index contributed by atoms with van der Waals surface area (Å²) in [6, 6.07) is 0. The molecule has 0 radical (unpaired) electrons. The van der Waals surface area contributed by atoms with Crippen LogP contribution in [0, 0.1) is 0 Å². The number of aliphatic hydroxyl groups excluding tert-OH is 1. The highest BCUT2D eigenvalue weighted by atomic mass is 16.3. The third-order valence-electron chi connectivity index (χ3n) is 2.61.